The maximum absolute atomic E-state index is 5.80. The Morgan fingerprint density at radius 3 is 2.69 bits per heavy atom. The van der Waals surface area contributed by atoms with E-state index in [0.717, 1.165) is 22.9 Å². The van der Waals surface area contributed by atoms with Crippen molar-refractivity contribution in [3.63, 3.8) is 0 Å². The van der Waals surface area contributed by atoms with Crippen LogP contribution in [0.3, 0.4) is 0 Å². The van der Waals surface area contributed by atoms with Crippen molar-refractivity contribution in [1.29, 1.82) is 0 Å². The Labute approximate surface area is 176 Å². The van der Waals surface area contributed by atoms with Crippen molar-refractivity contribution in [2.45, 2.75) is 50.4 Å². The van der Waals surface area contributed by atoms with E-state index in [1.54, 1.807) is 0 Å². The Morgan fingerprint density at radius 1 is 1.03 bits per heavy atom. The van der Waals surface area contributed by atoms with Crippen molar-refractivity contribution in [3.05, 3.63) is 84.2 Å². The van der Waals surface area contributed by atoms with Crippen LogP contribution in [0.2, 0.25) is 0 Å². The fourth-order valence-corrected chi connectivity index (χ4v) is 5.06. The van der Waals surface area contributed by atoms with Crippen LogP contribution in [-0.4, -0.2) is 24.5 Å². The summed E-state index contributed by atoms with van der Waals surface area (Å²) in [5, 5.41) is 4.33. The molecule has 1 saturated heterocycles. The number of hydrogen-bond donors (Lipinski definition) is 1. The van der Waals surface area contributed by atoms with Gasteiger partial charge in [0.2, 0.25) is 0 Å². The van der Waals surface area contributed by atoms with E-state index in [9.17, 15) is 0 Å². The molecular weight excluding hydrogens is 378 g/mol. The second kappa shape index (κ2) is 7.95. The molecule has 0 amide bonds. The lowest BCUT2D eigenvalue weighted by atomic mass is 10.0. The zero-order chi connectivity index (χ0) is 19.6. The molecule has 0 spiro atoms. The van der Waals surface area contributed by atoms with Crippen LogP contribution in [0.1, 0.15) is 60.8 Å². The summed E-state index contributed by atoms with van der Waals surface area (Å²) in [6.07, 6.45) is 13.0. The van der Waals surface area contributed by atoms with Crippen LogP contribution >= 0.6 is 12.2 Å². The van der Waals surface area contributed by atoms with E-state index in [0.29, 0.717) is 6.04 Å². The summed E-state index contributed by atoms with van der Waals surface area (Å²) < 4.78 is 2.49. The molecule has 1 aliphatic heterocycles. The van der Waals surface area contributed by atoms with E-state index < -0.39 is 0 Å². The Hall–Kier alpha value is -2.73. The van der Waals surface area contributed by atoms with E-state index in [1.165, 1.54) is 31.4 Å². The molecule has 0 bridgehead atoms. The number of nitrogens with zero attached hydrogens (tertiary/aromatic N) is 4. The third-order valence-corrected chi connectivity index (χ3v) is 6.46. The predicted molar refractivity (Wildman–Crippen MR) is 117 cm³/mol. The number of nitrogens with one attached hydrogen (secondary N) is 1. The first-order chi connectivity index (χ1) is 14.3. The van der Waals surface area contributed by atoms with Crippen molar-refractivity contribution in [2.24, 2.45) is 0 Å². The molecule has 3 aromatic rings. The Morgan fingerprint density at radius 2 is 1.93 bits per heavy atom. The standard InChI is InChI=1S/C23H25N5S/c29-23-26-21(19-10-3-4-13-25-19)22(28(23)16-17-7-5-12-24-15-17)20-11-6-14-27(20)18-8-1-2-9-18/h3-7,10-15,18,21-22H,1-2,8-9,16H2,(H,26,29)/t21-,22+/m0/s1. The van der Waals surface area contributed by atoms with Crippen LogP contribution in [0.4, 0.5) is 0 Å². The van der Waals surface area contributed by atoms with Gasteiger partial charge in [-0.05, 0) is 61.0 Å². The normalized spacial score (nSPS) is 22.2. The maximum Gasteiger partial charge on any atom is 0.170 e. The second-order valence-corrected chi connectivity index (χ2v) is 8.28. The summed E-state index contributed by atoms with van der Waals surface area (Å²) in [6, 6.07) is 15.3. The van der Waals surface area contributed by atoms with Gasteiger partial charge in [-0.1, -0.05) is 25.0 Å². The van der Waals surface area contributed by atoms with E-state index in [1.807, 2.05) is 36.8 Å². The van der Waals surface area contributed by atoms with Gasteiger partial charge in [0.15, 0.2) is 5.11 Å². The van der Waals surface area contributed by atoms with Crippen LogP contribution in [0.15, 0.2) is 67.3 Å². The second-order valence-electron chi connectivity index (χ2n) is 7.89. The summed E-state index contributed by atoms with van der Waals surface area (Å²) in [4.78, 5) is 11.2. The minimum Gasteiger partial charge on any atom is -0.352 e. The minimum atomic E-state index is 0.0235. The summed E-state index contributed by atoms with van der Waals surface area (Å²) in [6.45, 7) is 0.726. The highest BCUT2D eigenvalue weighted by atomic mass is 32.1. The van der Waals surface area contributed by atoms with E-state index >= 15 is 0 Å². The molecule has 0 unspecified atom stereocenters. The molecule has 4 heterocycles. The van der Waals surface area contributed by atoms with Gasteiger partial charge in [-0.2, -0.15) is 0 Å². The smallest absolute Gasteiger partial charge is 0.170 e. The van der Waals surface area contributed by atoms with Crippen LogP contribution in [0.5, 0.6) is 0 Å². The van der Waals surface area contributed by atoms with Crippen LogP contribution in [0, 0.1) is 0 Å². The molecule has 148 valence electrons. The molecule has 0 aromatic carbocycles. The van der Waals surface area contributed by atoms with Crippen molar-refractivity contribution in [1.82, 2.24) is 24.8 Å². The van der Waals surface area contributed by atoms with Gasteiger partial charge in [0, 0.05) is 43.1 Å². The first-order valence-electron chi connectivity index (χ1n) is 10.3. The van der Waals surface area contributed by atoms with Gasteiger partial charge >= 0.3 is 0 Å². The molecule has 2 aliphatic rings. The average molecular weight is 404 g/mol. The zero-order valence-corrected chi connectivity index (χ0v) is 17.1. The highest BCUT2D eigenvalue weighted by Gasteiger charge is 2.41. The number of pyridine rings is 2. The highest BCUT2D eigenvalue weighted by molar-refractivity contribution is 7.80. The van der Waals surface area contributed by atoms with Crippen molar-refractivity contribution >= 4 is 17.3 Å². The summed E-state index contributed by atoms with van der Waals surface area (Å²) in [5.74, 6) is 0. The molecular formula is C23H25N5S. The number of rotatable bonds is 5. The topological polar surface area (TPSA) is 46.0 Å². The van der Waals surface area contributed by atoms with Gasteiger partial charge in [-0.3, -0.25) is 9.97 Å². The first-order valence-corrected chi connectivity index (χ1v) is 10.8. The van der Waals surface area contributed by atoms with Crippen molar-refractivity contribution < 1.29 is 0 Å². The number of hydrogen-bond acceptors (Lipinski definition) is 3. The highest BCUT2D eigenvalue weighted by Crippen LogP contribution is 2.42. The molecule has 1 N–H and O–H groups in total. The largest absolute Gasteiger partial charge is 0.352 e. The minimum absolute atomic E-state index is 0.0235. The zero-order valence-electron chi connectivity index (χ0n) is 16.3. The lowest BCUT2D eigenvalue weighted by Gasteiger charge is -2.30. The maximum atomic E-state index is 5.80. The molecule has 1 aliphatic carbocycles. The Kier molecular flexibility index (Phi) is 5.02. The fourth-order valence-electron chi connectivity index (χ4n) is 4.76. The van der Waals surface area contributed by atoms with Gasteiger partial charge in [-0.25, -0.2) is 0 Å². The van der Waals surface area contributed by atoms with E-state index in [2.05, 4.69) is 55.2 Å². The predicted octanol–water partition coefficient (Wildman–Crippen LogP) is 4.57. The molecule has 1 saturated carbocycles. The molecule has 6 heteroatoms. The summed E-state index contributed by atoms with van der Waals surface area (Å²) in [7, 11) is 0. The van der Waals surface area contributed by atoms with Crippen LogP contribution in [-0.2, 0) is 6.54 Å². The van der Waals surface area contributed by atoms with Gasteiger partial charge in [0.05, 0.1) is 17.8 Å². The third-order valence-electron chi connectivity index (χ3n) is 6.11. The first kappa shape index (κ1) is 18.3. The van der Waals surface area contributed by atoms with Gasteiger partial charge in [0.25, 0.3) is 0 Å². The van der Waals surface area contributed by atoms with E-state index in [4.69, 9.17) is 12.2 Å². The van der Waals surface area contributed by atoms with Gasteiger partial charge < -0.3 is 14.8 Å². The van der Waals surface area contributed by atoms with Crippen molar-refractivity contribution in [3.8, 4) is 0 Å². The van der Waals surface area contributed by atoms with Crippen molar-refractivity contribution in [2.75, 3.05) is 0 Å². The number of thiocarbonyl (C=S) groups is 1. The molecule has 2 atom stereocenters. The van der Waals surface area contributed by atoms with Crippen LogP contribution in [0.25, 0.3) is 0 Å². The Balaban J connectivity index is 1.56. The lowest BCUT2D eigenvalue weighted by molar-refractivity contribution is 0.290. The lowest BCUT2D eigenvalue weighted by Crippen LogP contribution is -2.30. The molecule has 5 rings (SSSR count). The quantitative estimate of drug-likeness (QED) is 0.633. The molecule has 29 heavy (non-hydrogen) atoms. The molecule has 5 nitrogen and oxygen atoms in total. The number of aromatic nitrogens is 3. The fraction of sp³-hybridized carbons (Fsp3) is 0.348. The van der Waals surface area contributed by atoms with Gasteiger partial charge in [-0.15, -0.1) is 0 Å². The monoisotopic (exact) mass is 403 g/mol. The van der Waals surface area contributed by atoms with E-state index in [-0.39, 0.29) is 12.1 Å². The summed E-state index contributed by atoms with van der Waals surface area (Å²) >= 11 is 5.80. The van der Waals surface area contributed by atoms with Crippen LogP contribution < -0.4 is 5.32 Å². The summed E-state index contributed by atoms with van der Waals surface area (Å²) in [5.41, 5.74) is 3.48. The Bertz CT molecular complexity index is 965. The van der Waals surface area contributed by atoms with Gasteiger partial charge in [0.1, 0.15) is 0 Å². The molecule has 2 fully saturated rings. The third kappa shape index (κ3) is 3.53. The molecule has 0 radical (unpaired) electrons. The molecule has 3 aromatic heterocycles. The SMILES string of the molecule is S=C1N[C@@H](c2ccccn2)[C@@H](c2cccn2C2CCCC2)N1Cc1cccnc1. The average Bonchev–Trinajstić information content (AvgIpc) is 3.50.